The number of nitrogens with zero attached hydrogens (tertiary/aromatic N) is 1. The molecule has 1 aliphatic heterocycles. The Morgan fingerprint density at radius 3 is 3.00 bits per heavy atom. The van der Waals surface area contributed by atoms with E-state index in [0.29, 0.717) is 17.7 Å². The fraction of sp³-hybridized carbons (Fsp3) is 0.556. The largest absolute Gasteiger partial charge is 0.508 e. The zero-order valence-corrected chi connectivity index (χ0v) is 12.6. The number of hydrogen-bond acceptors (Lipinski definition) is 2. The molecule has 1 fully saturated rings. The lowest BCUT2D eigenvalue weighted by Gasteiger charge is -2.52. The second-order valence-electron chi connectivity index (χ2n) is 6.87. The van der Waals surface area contributed by atoms with Crippen LogP contribution in [0.3, 0.4) is 0 Å². The van der Waals surface area contributed by atoms with Crippen molar-refractivity contribution in [1.29, 1.82) is 0 Å². The number of phenols is 1. The van der Waals surface area contributed by atoms with Gasteiger partial charge in [0.1, 0.15) is 5.75 Å². The van der Waals surface area contributed by atoms with Crippen molar-refractivity contribution in [3.8, 4) is 5.75 Å². The van der Waals surface area contributed by atoms with E-state index in [2.05, 4.69) is 31.4 Å². The minimum atomic E-state index is 0.136. The van der Waals surface area contributed by atoms with Crippen LogP contribution in [0.2, 0.25) is 0 Å². The molecule has 20 heavy (non-hydrogen) atoms. The third-order valence-corrected chi connectivity index (χ3v) is 5.40. The van der Waals surface area contributed by atoms with E-state index in [-0.39, 0.29) is 5.41 Å². The highest BCUT2D eigenvalue weighted by molar-refractivity contribution is 5.43. The van der Waals surface area contributed by atoms with Crippen molar-refractivity contribution in [2.75, 3.05) is 13.1 Å². The molecule has 2 heteroatoms. The van der Waals surface area contributed by atoms with Gasteiger partial charge in [0.25, 0.3) is 0 Å². The molecular formula is C18H25NO. The SMILES string of the molecule is C=CCN1CCC[C@@H]2[C@H]1Cc1ccc(O)cc1C2(C)C. The summed E-state index contributed by atoms with van der Waals surface area (Å²) in [6, 6.07) is 6.55. The molecule has 3 rings (SSSR count). The second kappa shape index (κ2) is 4.92. The molecular weight excluding hydrogens is 246 g/mol. The van der Waals surface area contributed by atoms with Crippen LogP contribution in [-0.4, -0.2) is 29.1 Å². The average Bonchev–Trinajstić information content (AvgIpc) is 2.41. The van der Waals surface area contributed by atoms with Gasteiger partial charge in [0.05, 0.1) is 0 Å². The van der Waals surface area contributed by atoms with Crippen LogP contribution in [0.25, 0.3) is 0 Å². The fourth-order valence-electron chi connectivity index (χ4n) is 4.40. The van der Waals surface area contributed by atoms with Gasteiger partial charge in [-0.1, -0.05) is 26.0 Å². The lowest BCUT2D eigenvalue weighted by Crippen LogP contribution is -2.55. The van der Waals surface area contributed by atoms with Crippen LogP contribution in [0.5, 0.6) is 5.75 Å². The molecule has 2 nitrogen and oxygen atoms in total. The van der Waals surface area contributed by atoms with Gasteiger partial charge in [0, 0.05) is 12.6 Å². The van der Waals surface area contributed by atoms with Gasteiger partial charge in [-0.2, -0.15) is 0 Å². The van der Waals surface area contributed by atoms with Crippen molar-refractivity contribution in [2.24, 2.45) is 5.92 Å². The van der Waals surface area contributed by atoms with Gasteiger partial charge < -0.3 is 5.11 Å². The lowest BCUT2D eigenvalue weighted by molar-refractivity contribution is 0.0528. The Morgan fingerprint density at radius 1 is 1.45 bits per heavy atom. The molecule has 1 aliphatic carbocycles. The number of phenolic OH excluding ortho intramolecular Hbond substituents is 1. The smallest absolute Gasteiger partial charge is 0.115 e. The predicted molar refractivity (Wildman–Crippen MR) is 83.1 cm³/mol. The first kappa shape index (κ1) is 13.7. The van der Waals surface area contributed by atoms with E-state index in [1.165, 1.54) is 30.5 Å². The Bertz CT molecular complexity index is 520. The van der Waals surface area contributed by atoms with Crippen molar-refractivity contribution in [3.05, 3.63) is 42.0 Å². The van der Waals surface area contributed by atoms with Gasteiger partial charge in [0.2, 0.25) is 0 Å². The molecule has 0 bridgehead atoms. The Morgan fingerprint density at radius 2 is 2.25 bits per heavy atom. The molecule has 2 atom stereocenters. The van der Waals surface area contributed by atoms with Crippen LogP contribution in [0, 0.1) is 5.92 Å². The van der Waals surface area contributed by atoms with E-state index < -0.39 is 0 Å². The molecule has 1 saturated heterocycles. The van der Waals surface area contributed by atoms with Crippen LogP contribution < -0.4 is 0 Å². The van der Waals surface area contributed by atoms with Gasteiger partial charge >= 0.3 is 0 Å². The molecule has 1 heterocycles. The number of piperidine rings is 1. The second-order valence-corrected chi connectivity index (χ2v) is 6.87. The maximum atomic E-state index is 9.83. The summed E-state index contributed by atoms with van der Waals surface area (Å²) in [4.78, 5) is 2.60. The van der Waals surface area contributed by atoms with Crippen molar-refractivity contribution < 1.29 is 5.11 Å². The highest BCUT2D eigenvalue weighted by Crippen LogP contribution is 2.47. The molecule has 0 radical (unpaired) electrons. The molecule has 0 unspecified atom stereocenters. The quantitative estimate of drug-likeness (QED) is 0.832. The summed E-state index contributed by atoms with van der Waals surface area (Å²) < 4.78 is 0. The summed E-state index contributed by atoms with van der Waals surface area (Å²) in [7, 11) is 0. The molecule has 0 saturated carbocycles. The summed E-state index contributed by atoms with van der Waals surface area (Å²) in [5.41, 5.74) is 2.89. The van der Waals surface area contributed by atoms with Crippen molar-refractivity contribution in [1.82, 2.24) is 4.90 Å². The van der Waals surface area contributed by atoms with E-state index in [9.17, 15) is 5.11 Å². The summed E-state index contributed by atoms with van der Waals surface area (Å²) >= 11 is 0. The topological polar surface area (TPSA) is 23.5 Å². The first-order valence-electron chi connectivity index (χ1n) is 7.71. The third kappa shape index (κ3) is 2.07. The molecule has 2 aliphatic rings. The summed E-state index contributed by atoms with van der Waals surface area (Å²) in [6.07, 6.45) is 5.70. The normalized spacial score (nSPS) is 28.5. The van der Waals surface area contributed by atoms with Crippen LogP contribution in [0.1, 0.15) is 37.8 Å². The predicted octanol–water partition coefficient (Wildman–Crippen LogP) is 3.49. The summed E-state index contributed by atoms with van der Waals surface area (Å²) in [5.74, 6) is 1.07. The average molecular weight is 271 g/mol. The van der Waals surface area contributed by atoms with Crippen LogP contribution in [0.15, 0.2) is 30.9 Å². The number of likely N-dealkylation sites (tertiary alicyclic amines) is 1. The van der Waals surface area contributed by atoms with Gasteiger partial charge in [-0.15, -0.1) is 6.58 Å². The Balaban J connectivity index is 2.03. The highest BCUT2D eigenvalue weighted by atomic mass is 16.3. The Labute approximate surface area is 122 Å². The number of aromatic hydroxyl groups is 1. The summed E-state index contributed by atoms with van der Waals surface area (Å²) in [5, 5.41) is 9.83. The zero-order valence-electron chi connectivity index (χ0n) is 12.6. The van der Waals surface area contributed by atoms with Crippen molar-refractivity contribution >= 4 is 0 Å². The van der Waals surface area contributed by atoms with Crippen LogP contribution in [-0.2, 0) is 11.8 Å². The monoisotopic (exact) mass is 271 g/mol. The van der Waals surface area contributed by atoms with E-state index in [4.69, 9.17) is 0 Å². The third-order valence-electron chi connectivity index (χ3n) is 5.40. The zero-order chi connectivity index (χ0) is 14.3. The molecule has 1 aromatic rings. The minimum absolute atomic E-state index is 0.136. The molecule has 0 spiro atoms. The molecule has 1 aromatic carbocycles. The maximum absolute atomic E-state index is 9.83. The molecule has 1 N–H and O–H groups in total. The lowest BCUT2D eigenvalue weighted by atomic mass is 9.60. The van der Waals surface area contributed by atoms with Gasteiger partial charge in [-0.05, 0) is 60.4 Å². The summed E-state index contributed by atoms with van der Waals surface area (Å²) in [6.45, 7) is 10.8. The van der Waals surface area contributed by atoms with Gasteiger partial charge in [-0.25, -0.2) is 0 Å². The molecule has 0 amide bonds. The number of benzene rings is 1. The number of fused-ring (bicyclic) bond motifs is 2. The minimum Gasteiger partial charge on any atom is -0.508 e. The number of hydrogen-bond donors (Lipinski definition) is 1. The molecule has 0 aromatic heterocycles. The van der Waals surface area contributed by atoms with E-state index in [0.717, 1.165) is 13.0 Å². The first-order valence-corrected chi connectivity index (χ1v) is 7.71. The number of rotatable bonds is 2. The maximum Gasteiger partial charge on any atom is 0.115 e. The van der Waals surface area contributed by atoms with E-state index in [1.807, 2.05) is 18.2 Å². The first-order chi connectivity index (χ1) is 9.54. The Kier molecular flexibility index (Phi) is 3.37. The van der Waals surface area contributed by atoms with Gasteiger partial charge in [0.15, 0.2) is 0 Å². The van der Waals surface area contributed by atoms with E-state index in [1.54, 1.807) is 0 Å². The standard InChI is InChI=1S/C18H25NO/c1-4-9-19-10-5-6-15-17(19)11-13-7-8-14(20)12-16(13)18(15,2)3/h4,7-8,12,15,17,20H,1,5-6,9-11H2,2-3H3/t15-,17-/m1/s1. The van der Waals surface area contributed by atoms with Gasteiger partial charge in [-0.3, -0.25) is 4.90 Å². The van der Waals surface area contributed by atoms with Crippen molar-refractivity contribution in [3.63, 3.8) is 0 Å². The molecule has 108 valence electrons. The Hall–Kier alpha value is -1.28. The van der Waals surface area contributed by atoms with E-state index >= 15 is 0 Å². The fourth-order valence-corrected chi connectivity index (χ4v) is 4.40. The van der Waals surface area contributed by atoms with Crippen LogP contribution in [0.4, 0.5) is 0 Å². The van der Waals surface area contributed by atoms with Crippen LogP contribution >= 0.6 is 0 Å². The highest BCUT2D eigenvalue weighted by Gasteiger charge is 2.45. The van der Waals surface area contributed by atoms with Crippen molar-refractivity contribution in [2.45, 2.75) is 44.6 Å².